The molecule has 0 saturated carbocycles. The fraction of sp³-hybridized carbons (Fsp3) is 0.308. The summed E-state index contributed by atoms with van der Waals surface area (Å²) in [5, 5.41) is 8.75. The number of esters is 1. The second-order valence-corrected chi connectivity index (χ2v) is 3.82. The summed E-state index contributed by atoms with van der Waals surface area (Å²) >= 11 is 0. The molecule has 0 spiro atoms. The van der Waals surface area contributed by atoms with Gasteiger partial charge in [0.15, 0.2) is 6.29 Å². The van der Waals surface area contributed by atoms with Gasteiger partial charge >= 0.3 is 12.1 Å². The summed E-state index contributed by atoms with van der Waals surface area (Å²) in [5.41, 5.74) is -2.41. The van der Waals surface area contributed by atoms with E-state index in [9.17, 15) is 22.8 Å². The van der Waals surface area contributed by atoms with Gasteiger partial charge in [0.25, 0.3) is 0 Å². The van der Waals surface area contributed by atoms with E-state index < -0.39 is 35.3 Å². The van der Waals surface area contributed by atoms with Gasteiger partial charge in [0.1, 0.15) is 6.07 Å². The number of hydrogen-bond acceptors (Lipinski definition) is 4. The zero-order valence-corrected chi connectivity index (χ0v) is 10.5. The predicted molar refractivity (Wildman–Crippen MR) is 61.9 cm³/mol. The lowest BCUT2D eigenvalue weighted by atomic mass is 9.97. The quantitative estimate of drug-likeness (QED) is 0.629. The molecule has 0 saturated heterocycles. The molecular weight excluding hydrogens is 275 g/mol. The summed E-state index contributed by atoms with van der Waals surface area (Å²) in [7, 11) is 0. The van der Waals surface area contributed by atoms with Gasteiger partial charge in [-0.25, -0.2) is 0 Å². The topological polar surface area (TPSA) is 67.2 Å². The number of nitrogens with zero attached hydrogens (tertiary/aromatic N) is 1. The van der Waals surface area contributed by atoms with Crippen LogP contribution in [0.4, 0.5) is 13.2 Å². The van der Waals surface area contributed by atoms with Crippen LogP contribution in [0.15, 0.2) is 12.1 Å². The van der Waals surface area contributed by atoms with Crippen molar-refractivity contribution in [1.29, 1.82) is 5.26 Å². The lowest BCUT2D eigenvalue weighted by Gasteiger charge is -2.12. The molecule has 1 aromatic carbocycles. The molecule has 0 aromatic heterocycles. The van der Waals surface area contributed by atoms with Crippen LogP contribution in [0.3, 0.4) is 0 Å². The molecule has 4 nitrogen and oxygen atoms in total. The van der Waals surface area contributed by atoms with Crippen LogP contribution in [0.25, 0.3) is 0 Å². The van der Waals surface area contributed by atoms with E-state index in [1.807, 2.05) is 0 Å². The highest BCUT2D eigenvalue weighted by molar-refractivity contribution is 5.82. The monoisotopic (exact) mass is 285 g/mol. The van der Waals surface area contributed by atoms with Crippen molar-refractivity contribution in [3.05, 3.63) is 34.4 Å². The highest BCUT2D eigenvalue weighted by atomic mass is 19.4. The third kappa shape index (κ3) is 3.57. The zero-order chi connectivity index (χ0) is 15.3. The summed E-state index contributed by atoms with van der Waals surface area (Å²) in [5.74, 6) is -0.706. The molecule has 0 atom stereocenters. The van der Waals surface area contributed by atoms with Crippen LogP contribution in [-0.4, -0.2) is 18.9 Å². The number of benzene rings is 1. The molecule has 0 heterocycles. The van der Waals surface area contributed by atoms with Crippen LogP contribution in [0.2, 0.25) is 0 Å². The third-order valence-corrected chi connectivity index (χ3v) is 2.43. The average molecular weight is 285 g/mol. The summed E-state index contributed by atoms with van der Waals surface area (Å²) in [6.45, 7) is 1.66. The minimum Gasteiger partial charge on any atom is -0.466 e. The number of rotatable bonds is 4. The number of alkyl halides is 3. The van der Waals surface area contributed by atoms with Crippen molar-refractivity contribution in [2.24, 2.45) is 0 Å². The normalized spacial score (nSPS) is 10.8. The van der Waals surface area contributed by atoms with E-state index >= 15 is 0 Å². The second kappa shape index (κ2) is 6.19. The van der Waals surface area contributed by atoms with Crippen LogP contribution < -0.4 is 0 Å². The Labute approximate surface area is 112 Å². The van der Waals surface area contributed by atoms with Gasteiger partial charge in [0.2, 0.25) is 0 Å². The molecule has 0 amide bonds. The van der Waals surface area contributed by atoms with Crippen LogP contribution in [0, 0.1) is 11.3 Å². The van der Waals surface area contributed by atoms with Crippen molar-refractivity contribution in [2.75, 3.05) is 6.61 Å². The van der Waals surface area contributed by atoms with Gasteiger partial charge in [-0.1, -0.05) is 0 Å². The van der Waals surface area contributed by atoms with E-state index in [-0.39, 0.29) is 18.5 Å². The first-order valence-corrected chi connectivity index (χ1v) is 5.58. The smallest absolute Gasteiger partial charge is 0.417 e. The maximum Gasteiger partial charge on any atom is 0.417 e. The summed E-state index contributed by atoms with van der Waals surface area (Å²) < 4.78 is 43.1. The van der Waals surface area contributed by atoms with Crippen molar-refractivity contribution in [1.82, 2.24) is 0 Å². The van der Waals surface area contributed by atoms with Gasteiger partial charge in [0.05, 0.1) is 24.2 Å². The van der Waals surface area contributed by atoms with Crippen molar-refractivity contribution >= 4 is 12.3 Å². The number of carbonyl (C=O) groups excluding carboxylic acids is 2. The Morgan fingerprint density at radius 1 is 1.45 bits per heavy atom. The van der Waals surface area contributed by atoms with Crippen molar-refractivity contribution in [3.63, 3.8) is 0 Å². The summed E-state index contributed by atoms with van der Waals surface area (Å²) in [6, 6.07) is 3.12. The van der Waals surface area contributed by atoms with Gasteiger partial charge in [-0.15, -0.1) is 0 Å². The molecule has 1 aromatic rings. The van der Waals surface area contributed by atoms with Gasteiger partial charge in [0, 0.05) is 5.56 Å². The zero-order valence-electron chi connectivity index (χ0n) is 10.5. The molecular formula is C13H10F3NO3. The van der Waals surface area contributed by atoms with Crippen molar-refractivity contribution in [3.8, 4) is 6.07 Å². The fourth-order valence-corrected chi connectivity index (χ4v) is 1.65. The van der Waals surface area contributed by atoms with Crippen molar-refractivity contribution in [2.45, 2.75) is 19.5 Å². The lowest BCUT2D eigenvalue weighted by Crippen LogP contribution is -2.13. The van der Waals surface area contributed by atoms with E-state index in [1.165, 1.54) is 6.07 Å². The molecule has 20 heavy (non-hydrogen) atoms. The van der Waals surface area contributed by atoms with E-state index in [0.717, 1.165) is 6.07 Å². The Morgan fingerprint density at radius 3 is 2.55 bits per heavy atom. The molecule has 0 aliphatic carbocycles. The lowest BCUT2D eigenvalue weighted by molar-refractivity contribution is -0.142. The maximum atomic E-state index is 12.8. The molecule has 0 N–H and O–H groups in total. The summed E-state index contributed by atoms with van der Waals surface area (Å²) in [4.78, 5) is 22.1. The Balaban J connectivity index is 3.33. The van der Waals surface area contributed by atoms with Gasteiger partial charge < -0.3 is 4.74 Å². The largest absolute Gasteiger partial charge is 0.466 e. The van der Waals surface area contributed by atoms with Crippen LogP contribution >= 0.6 is 0 Å². The number of carbonyl (C=O) groups is 2. The predicted octanol–water partition coefficient (Wildman–Crippen LogP) is 2.50. The van der Waals surface area contributed by atoms with E-state index in [1.54, 1.807) is 6.92 Å². The highest BCUT2D eigenvalue weighted by Crippen LogP contribution is 2.34. The minimum absolute atomic E-state index is 0.0307. The highest BCUT2D eigenvalue weighted by Gasteiger charge is 2.35. The van der Waals surface area contributed by atoms with E-state index in [0.29, 0.717) is 6.07 Å². The molecule has 0 aliphatic heterocycles. The number of nitriles is 1. The number of halogens is 3. The Hall–Kier alpha value is -2.36. The Kier molecular flexibility index (Phi) is 4.86. The average Bonchev–Trinajstić information content (AvgIpc) is 2.36. The Morgan fingerprint density at radius 2 is 2.10 bits per heavy atom. The molecule has 1 rings (SSSR count). The van der Waals surface area contributed by atoms with Crippen LogP contribution in [0.5, 0.6) is 0 Å². The minimum atomic E-state index is -4.78. The van der Waals surface area contributed by atoms with Gasteiger partial charge in [-0.05, 0) is 24.6 Å². The van der Waals surface area contributed by atoms with Crippen LogP contribution in [0.1, 0.15) is 34.0 Å². The molecule has 0 fully saturated rings. The molecule has 7 heteroatoms. The SMILES string of the molecule is CCOC(=O)Cc1cc(C=O)c(C#N)c(C(F)(F)F)c1. The first kappa shape index (κ1) is 15.7. The molecule has 0 radical (unpaired) electrons. The molecule has 0 unspecified atom stereocenters. The number of hydrogen-bond donors (Lipinski definition) is 0. The Bertz CT molecular complexity index is 573. The maximum absolute atomic E-state index is 12.8. The molecule has 106 valence electrons. The van der Waals surface area contributed by atoms with Gasteiger partial charge in [-0.2, -0.15) is 18.4 Å². The summed E-state index contributed by atoms with van der Waals surface area (Å²) in [6.07, 6.45) is -5.03. The number of ether oxygens (including phenoxy) is 1. The fourth-order valence-electron chi connectivity index (χ4n) is 1.65. The van der Waals surface area contributed by atoms with E-state index in [2.05, 4.69) is 4.74 Å². The molecule has 0 bridgehead atoms. The van der Waals surface area contributed by atoms with E-state index in [4.69, 9.17) is 5.26 Å². The second-order valence-electron chi connectivity index (χ2n) is 3.82. The molecule has 0 aliphatic rings. The third-order valence-electron chi connectivity index (χ3n) is 2.43. The van der Waals surface area contributed by atoms with Crippen LogP contribution in [-0.2, 0) is 22.1 Å². The first-order valence-electron chi connectivity index (χ1n) is 5.58. The van der Waals surface area contributed by atoms with Crippen molar-refractivity contribution < 1.29 is 27.5 Å². The van der Waals surface area contributed by atoms with Gasteiger partial charge in [-0.3, -0.25) is 9.59 Å². The first-order chi connectivity index (χ1) is 9.33. The standard InChI is InChI=1S/C13H10F3NO3/c1-2-20-12(19)5-8-3-9(7-18)10(6-17)11(4-8)13(14,15)16/h3-4,7H,2,5H2,1H3. The number of aldehydes is 1.